The van der Waals surface area contributed by atoms with Crippen LogP contribution >= 0.6 is 11.6 Å². The van der Waals surface area contributed by atoms with Gasteiger partial charge in [-0.3, -0.25) is 4.79 Å². The minimum absolute atomic E-state index is 0.105. The molecule has 1 aromatic carbocycles. The normalized spacial score (nSPS) is 16.5. The van der Waals surface area contributed by atoms with Crippen LogP contribution in [-0.2, 0) is 4.79 Å². The summed E-state index contributed by atoms with van der Waals surface area (Å²) in [7, 11) is 3.05. The highest BCUT2D eigenvalue weighted by molar-refractivity contribution is 6.32. The number of carbonyl (C=O) groups excluding carboxylic acids is 1. The van der Waals surface area contributed by atoms with E-state index in [9.17, 15) is 4.79 Å². The molecule has 0 bridgehead atoms. The Morgan fingerprint density at radius 2 is 2.07 bits per heavy atom. The topological polar surface area (TPSA) is 103 Å². The zero-order chi connectivity index (χ0) is 21.3. The fourth-order valence-electron chi connectivity index (χ4n) is 3.72. The molecule has 158 valence electrons. The predicted molar refractivity (Wildman–Crippen MR) is 112 cm³/mol. The van der Waals surface area contributed by atoms with Crippen LogP contribution in [0.3, 0.4) is 0 Å². The Kier molecular flexibility index (Phi) is 5.63. The van der Waals surface area contributed by atoms with Gasteiger partial charge in [0.1, 0.15) is 29.0 Å². The summed E-state index contributed by atoms with van der Waals surface area (Å²) in [5.41, 5.74) is 1.68. The number of piperidine rings is 1. The van der Waals surface area contributed by atoms with E-state index in [1.165, 1.54) is 20.5 Å². The number of methoxy groups -OCH3 is 2. The van der Waals surface area contributed by atoms with E-state index in [0.717, 1.165) is 36.3 Å². The lowest BCUT2D eigenvalue weighted by molar-refractivity contribution is -0.120. The second-order valence-corrected chi connectivity index (χ2v) is 7.51. The molecule has 0 spiro atoms. The number of ether oxygens (including phenoxy) is 2. The van der Waals surface area contributed by atoms with Crippen molar-refractivity contribution in [3.05, 3.63) is 29.2 Å². The SMILES string of the molecule is COc1cc(OC)c(NC(=O)[C@H]2CCCN(c3ncnc4onc(C)c34)C2)cc1Cl. The molecule has 1 fully saturated rings. The quantitative estimate of drug-likeness (QED) is 0.655. The van der Waals surface area contributed by atoms with Gasteiger partial charge in [-0.15, -0.1) is 0 Å². The summed E-state index contributed by atoms with van der Waals surface area (Å²) in [5, 5.41) is 8.10. The molecule has 30 heavy (non-hydrogen) atoms. The van der Waals surface area contributed by atoms with Gasteiger partial charge in [0.05, 0.1) is 36.5 Å². The molecule has 0 saturated carbocycles. The van der Waals surface area contributed by atoms with Gasteiger partial charge >= 0.3 is 0 Å². The second-order valence-electron chi connectivity index (χ2n) is 7.11. The number of hydrogen-bond donors (Lipinski definition) is 1. The second kappa shape index (κ2) is 8.35. The Labute approximate surface area is 178 Å². The first-order valence-electron chi connectivity index (χ1n) is 9.56. The maximum absolute atomic E-state index is 13.0. The van der Waals surface area contributed by atoms with Crippen LogP contribution in [0.1, 0.15) is 18.5 Å². The number of aryl methyl sites for hydroxylation is 1. The smallest absolute Gasteiger partial charge is 0.263 e. The molecule has 3 aromatic rings. The Bertz CT molecular complexity index is 1090. The van der Waals surface area contributed by atoms with Gasteiger partial charge in [-0.05, 0) is 25.8 Å². The molecule has 2 aromatic heterocycles. The summed E-state index contributed by atoms with van der Waals surface area (Å²) in [6.45, 7) is 3.17. The molecule has 1 aliphatic heterocycles. The summed E-state index contributed by atoms with van der Waals surface area (Å²) >= 11 is 6.22. The average molecular weight is 432 g/mol. The molecule has 9 nitrogen and oxygen atoms in total. The number of halogens is 1. The summed E-state index contributed by atoms with van der Waals surface area (Å²) in [6, 6.07) is 3.28. The van der Waals surface area contributed by atoms with Crippen LogP contribution < -0.4 is 19.7 Å². The zero-order valence-electron chi connectivity index (χ0n) is 16.9. The van der Waals surface area contributed by atoms with Crippen molar-refractivity contribution in [1.82, 2.24) is 15.1 Å². The van der Waals surface area contributed by atoms with E-state index in [0.29, 0.717) is 34.5 Å². The number of rotatable bonds is 5. The van der Waals surface area contributed by atoms with Crippen molar-refractivity contribution in [1.29, 1.82) is 0 Å². The number of nitrogens with one attached hydrogen (secondary N) is 1. The van der Waals surface area contributed by atoms with Crippen molar-refractivity contribution in [2.75, 3.05) is 37.5 Å². The van der Waals surface area contributed by atoms with E-state index in [-0.39, 0.29) is 11.8 Å². The fourth-order valence-corrected chi connectivity index (χ4v) is 3.96. The molecule has 1 aliphatic rings. The first-order chi connectivity index (χ1) is 14.5. The maximum Gasteiger partial charge on any atom is 0.263 e. The maximum atomic E-state index is 13.0. The molecular weight excluding hydrogens is 410 g/mol. The van der Waals surface area contributed by atoms with Gasteiger partial charge in [0.25, 0.3) is 5.71 Å². The van der Waals surface area contributed by atoms with Gasteiger partial charge in [-0.25, -0.2) is 4.98 Å². The highest BCUT2D eigenvalue weighted by Gasteiger charge is 2.29. The van der Waals surface area contributed by atoms with Crippen molar-refractivity contribution < 1.29 is 18.8 Å². The molecule has 10 heteroatoms. The number of fused-ring (bicyclic) bond motifs is 1. The highest BCUT2D eigenvalue weighted by Crippen LogP contribution is 2.36. The van der Waals surface area contributed by atoms with Gasteiger partial charge < -0.3 is 24.2 Å². The lowest BCUT2D eigenvalue weighted by Gasteiger charge is -2.33. The number of aromatic nitrogens is 3. The van der Waals surface area contributed by atoms with E-state index in [2.05, 4.69) is 25.3 Å². The van der Waals surface area contributed by atoms with Crippen molar-refractivity contribution in [3.8, 4) is 11.5 Å². The number of amides is 1. The van der Waals surface area contributed by atoms with Crippen LogP contribution in [0.25, 0.3) is 11.1 Å². The third-order valence-electron chi connectivity index (χ3n) is 5.25. The largest absolute Gasteiger partial charge is 0.495 e. The number of benzene rings is 1. The Morgan fingerprint density at radius 1 is 1.27 bits per heavy atom. The summed E-state index contributed by atoms with van der Waals surface area (Å²) in [6.07, 6.45) is 3.08. The lowest BCUT2D eigenvalue weighted by Crippen LogP contribution is -2.41. The van der Waals surface area contributed by atoms with E-state index in [4.69, 9.17) is 25.6 Å². The van der Waals surface area contributed by atoms with E-state index < -0.39 is 0 Å². The number of carbonyl (C=O) groups is 1. The molecule has 0 radical (unpaired) electrons. The summed E-state index contributed by atoms with van der Waals surface area (Å²) in [4.78, 5) is 23.7. The molecular formula is C20H22ClN5O4. The molecule has 1 N–H and O–H groups in total. The van der Waals surface area contributed by atoms with Crippen LogP contribution in [-0.4, -0.2) is 48.3 Å². The lowest BCUT2D eigenvalue weighted by atomic mass is 9.96. The van der Waals surface area contributed by atoms with Crippen molar-refractivity contribution in [3.63, 3.8) is 0 Å². The summed E-state index contributed by atoms with van der Waals surface area (Å²) < 4.78 is 15.8. The number of anilines is 2. The van der Waals surface area contributed by atoms with Crippen molar-refractivity contribution >= 4 is 40.1 Å². The standard InChI is InChI=1S/C20H22ClN5O4/c1-11-17-18(22-10-23-20(17)30-25-11)26-6-4-5-12(9-26)19(27)24-14-7-13(21)15(28-2)8-16(14)29-3/h7-8,10,12H,4-6,9H2,1-3H3,(H,24,27)/t12-/m0/s1. The first kappa shape index (κ1) is 20.2. The Morgan fingerprint density at radius 3 is 2.83 bits per heavy atom. The van der Waals surface area contributed by atoms with Crippen LogP contribution in [0, 0.1) is 12.8 Å². The minimum Gasteiger partial charge on any atom is -0.495 e. The van der Waals surface area contributed by atoms with Gasteiger partial charge in [-0.2, -0.15) is 4.98 Å². The Hall–Kier alpha value is -3.07. The predicted octanol–water partition coefficient (Wildman–Crippen LogP) is 3.45. The first-order valence-corrected chi connectivity index (χ1v) is 9.94. The minimum atomic E-state index is -0.227. The van der Waals surface area contributed by atoms with Crippen molar-refractivity contribution in [2.24, 2.45) is 5.92 Å². The molecule has 4 rings (SSSR count). The Balaban J connectivity index is 1.54. The van der Waals surface area contributed by atoms with E-state index in [1.807, 2.05) is 6.92 Å². The van der Waals surface area contributed by atoms with Gasteiger partial charge in [-0.1, -0.05) is 16.8 Å². The monoisotopic (exact) mass is 431 g/mol. The van der Waals surface area contributed by atoms with Crippen molar-refractivity contribution in [2.45, 2.75) is 19.8 Å². The van der Waals surface area contributed by atoms with Gasteiger partial charge in [0.2, 0.25) is 5.91 Å². The van der Waals surface area contributed by atoms with Crippen LogP contribution in [0.2, 0.25) is 5.02 Å². The molecule has 0 unspecified atom stereocenters. The molecule has 1 saturated heterocycles. The average Bonchev–Trinajstić information content (AvgIpc) is 3.15. The van der Waals surface area contributed by atoms with Crippen LogP contribution in [0.5, 0.6) is 11.5 Å². The number of hydrogen-bond acceptors (Lipinski definition) is 8. The van der Waals surface area contributed by atoms with Crippen LogP contribution in [0.15, 0.2) is 23.0 Å². The molecule has 3 heterocycles. The highest BCUT2D eigenvalue weighted by atomic mass is 35.5. The number of nitrogens with zero attached hydrogens (tertiary/aromatic N) is 4. The third kappa shape index (κ3) is 3.72. The van der Waals surface area contributed by atoms with Gasteiger partial charge in [0, 0.05) is 19.2 Å². The van der Waals surface area contributed by atoms with E-state index in [1.54, 1.807) is 12.1 Å². The zero-order valence-corrected chi connectivity index (χ0v) is 17.7. The molecule has 1 amide bonds. The molecule has 0 aliphatic carbocycles. The summed E-state index contributed by atoms with van der Waals surface area (Å²) in [5.74, 6) is 1.37. The third-order valence-corrected chi connectivity index (χ3v) is 5.54. The fraction of sp³-hybridized carbons (Fsp3) is 0.400. The van der Waals surface area contributed by atoms with E-state index >= 15 is 0 Å². The molecule has 1 atom stereocenters. The van der Waals surface area contributed by atoms with Gasteiger partial charge in [0.15, 0.2) is 0 Å². The van der Waals surface area contributed by atoms with Crippen LogP contribution in [0.4, 0.5) is 11.5 Å².